The molecule has 0 spiro atoms. The van der Waals surface area contributed by atoms with Gasteiger partial charge < -0.3 is 20.3 Å². The first-order valence-electron chi connectivity index (χ1n) is 10.4. The number of nitrogens with zero attached hydrogens (tertiary/aromatic N) is 2. The number of amides is 1. The maximum absolute atomic E-state index is 11.6. The van der Waals surface area contributed by atoms with Crippen molar-refractivity contribution < 1.29 is 9.53 Å². The number of ether oxygens (including phenoxy) is 1. The van der Waals surface area contributed by atoms with Crippen LogP contribution in [0.25, 0.3) is 0 Å². The van der Waals surface area contributed by atoms with E-state index in [2.05, 4.69) is 60.6 Å². The lowest BCUT2D eigenvalue weighted by Crippen LogP contribution is -2.46. The predicted octanol–water partition coefficient (Wildman–Crippen LogP) is 3.54. The molecule has 6 nitrogen and oxygen atoms in total. The Hall–Kier alpha value is -1.35. The minimum absolute atomic E-state index is 0. The maximum atomic E-state index is 11.6. The van der Waals surface area contributed by atoms with Gasteiger partial charge in [-0.05, 0) is 50.7 Å². The lowest BCUT2D eigenvalue weighted by Gasteiger charge is -2.34. The monoisotopic (exact) mass is 516 g/mol. The summed E-state index contributed by atoms with van der Waals surface area (Å²) in [5, 5.41) is 6.14. The van der Waals surface area contributed by atoms with Crippen LogP contribution in [0.4, 0.5) is 0 Å². The van der Waals surface area contributed by atoms with E-state index in [9.17, 15) is 4.79 Å². The molecular formula is C22H37IN4O2. The molecule has 0 saturated carbocycles. The molecule has 1 fully saturated rings. The van der Waals surface area contributed by atoms with Gasteiger partial charge in [0, 0.05) is 33.1 Å². The standard InChI is InChI=1S/C22H36N4O2.HI/c1-5-24-22(26-11-9-18(10-12-26)14-21(27)23-4)25-15-19-7-6-8-20(13-19)16-28-17(2)3;/h6-8,13,17-18H,5,9-12,14-16H2,1-4H3,(H,23,27)(H,24,25);1H. The van der Waals surface area contributed by atoms with Crippen molar-refractivity contribution >= 4 is 35.8 Å². The summed E-state index contributed by atoms with van der Waals surface area (Å²) in [6.07, 6.45) is 2.91. The molecule has 7 heteroatoms. The van der Waals surface area contributed by atoms with Crippen LogP contribution < -0.4 is 10.6 Å². The number of piperidine rings is 1. The van der Waals surface area contributed by atoms with Crippen LogP contribution in [0.15, 0.2) is 29.3 Å². The summed E-state index contributed by atoms with van der Waals surface area (Å²) in [4.78, 5) is 18.8. The van der Waals surface area contributed by atoms with Gasteiger partial charge in [-0.15, -0.1) is 24.0 Å². The van der Waals surface area contributed by atoms with Gasteiger partial charge in [0.1, 0.15) is 0 Å². The van der Waals surface area contributed by atoms with E-state index in [1.54, 1.807) is 7.05 Å². The number of carbonyl (C=O) groups is 1. The highest BCUT2D eigenvalue weighted by Crippen LogP contribution is 2.20. The number of hydrogen-bond acceptors (Lipinski definition) is 3. The molecule has 1 amide bonds. The highest BCUT2D eigenvalue weighted by molar-refractivity contribution is 14.0. The fraction of sp³-hybridized carbons (Fsp3) is 0.636. The number of benzene rings is 1. The Balaban J connectivity index is 0.00000420. The number of aliphatic imine (C=N–C) groups is 1. The first-order valence-corrected chi connectivity index (χ1v) is 10.4. The van der Waals surface area contributed by atoms with Crippen molar-refractivity contribution in [3.63, 3.8) is 0 Å². The van der Waals surface area contributed by atoms with Crippen LogP contribution in [0, 0.1) is 5.92 Å². The summed E-state index contributed by atoms with van der Waals surface area (Å²) in [6.45, 7) is 10.2. The van der Waals surface area contributed by atoms with Crippen molar-refractivity contribution in [2.75, 3.05) is 26.7 Å². The highest BCUT2D eigenvalue weighted by atomic mass is 127. The van der Waals surface area contributed by atoms with Gasteiger partial charge in [0.15, 0.2) is 5.96 Å². The number of likely N-dealkylation sites (tertiary alicyclic amines) is 1. The Bertz CT molecular complexity index is 643. The second-order valence-electron chi connectivity index (χ2n) is 7.66. The first kappa shape index (κ1) is 25.7. The molecule has 0 unspecified atom stereocenters. The molecule has 1 heterocycles. The zero-order valence-electron chi connectivity index (χ0n) is 18.2. The molecular weight excluding hydrogens is 479 g/mol. The average molecular weight is 516 g/mol. The molecule has 0 aliphatic carbocycles. The van der Waals surface area contributed by atoms with E-state index in [0.29, 0.717) is 25.5 Å². The van der Waals surface area contributed by atoms with Crippen LogP contribution >= 0.6 is 24.0 Å². The number of hydrogen-bond donors (Lipinski definition) is 2. The van der Waals surface area contributed by atoms with Crippen LogP contribution in [-0.2, 0) is 22.7 Å². The Labute approximate surface area is 192 Å². The Kier molecular flexibility index (Phi) is 12.2. The van der Waals surface area contributed by atoms with Gasteiger partial charge in [-0.3, -0.25) is 4.79 Å². The van der Waals surface area contributed by atoms with E-state index >= 15 is 0 Å². The molecule has 1 aromatic carbocycles. The largest absolute Gasteiger partial charge is 0.374 e. The van der Waals surface area contributed by atoms with Crippen LogP contribution in [0.5, 0.6) is 0 Å². The molecule has 0 radical (unpaired) electrons. The molecule has 1 aliphatic rings. The SMILES string of the molecule is CCNC(=NCc1cccc(COC(C)C)c1)N1CCC(CC(=O)NC)CC1.I. The maximum Gasteiger partial charge on any atom is 0.220 e. The average Bonchev–Trinajstić information content (AvgIpc) is 2.70. The first-order chi connectivity index (χ1) is 13.5. The van der Waals surface area contributed by atoms with E-state index in [0.717, 1.165) is 38.4 Å². The molecule has 164 valence electrons. The predicted molar refractivity (Wildman–Crippen MR) is 130 cm³/mol. The third kappa shape index (κ3) is 9.33. The summed E-state index contributed by atoms with van der Waals surface area (Å²) in [6, 6.07) is 8.45. The molecule has 1 aromatic rings. The number of halogens is 1. The van der Waals surface area contributed by atoms with Crippen molar-refractivity contribution in [2.24, 2.45) is 10.9 Å². The molecule has 0 bridgehead atoms. The normalized spacial score (nSPS) is 15.2. The second kappa shape index (κ2) is 13.8. The molecule has 1 aliphatic heterocycles. The topological polar surface area (TPSA) is 66.0 Å². The van der Waals surface area contributed by atoms with Crippen LogP contribution in [0.2, 0.25) is 0 Å². The Morgan fingerprint density at radius 3 is 2.59 bits per heavy atom. The van der Waals surface area contributed by atoms with E-state index in [1.165, 1.54) is 11.1 Å². The summed E-state index contributed by atoms with van der Waals surface area (Å²) in [7, 11) is 1.71. The summed E-state index contributed by atoms with van der Waals surface area (Å²) >= 11 is 0. The number of guanidine groups is 1. The quantitative estimate of drug-likeness (QED) is 0.315. The fourth-order valence-electron chi connectivity index (χ4n) is 3.39. The van der Waals surface area contributed by atoms with E-state index in [1.807, 2.05) is 0 Å². The molecule has 2 rings (SSSR count). The molecule has 0 aromatic heterocycles. The van der Waals surface area contributed by atoms with Gasteiger partial charge >= 0.3 is 0 Å². The zero-order valence-corrected chi connectivity index (χ0v) is 20.6. The van der Waals surface area contributed by atoms with Crippen molar-refractivity contribution in [3.05, 3.63) is 35.4 Å². The fourth-order valence-corrected chi connectivity index (χ4v) is 3.39. The lowest BCUT2D eigenvalue weighted by molar-refractivity contribution is -0.121. The third-order valence-electron chi connectivity index (χ3n) is 4.99. The van der Waals surface area contributed by atoms with Gasteiger partial charge in [0.2, 0.25) is 5.91 Å². The van der Waals surface area contributed by atoms with E-state index in [4.69, 9.17) is 9.73 Å². The lowest BCUT2D eigenvalue weighted by atomic mass is 9.93. The van der Waals surface area contributed by atoms with Crippen molar-refractivity contribution in [2.45, 2.75) is 59.3 Å². The number of nitrogens with one attached hydrogen (secondary N) is 2. The number of rotatable bonds is 8. The number of carbonyl (C=O) groups excluding carboxylic acids is 1. The Morgan fingerprint density at radius 1 is 1.28 bits per heavy atom. The molecule has 29 heavy (non-hydrogen) atoms. The highest BCUT2D eigenvalue weighted by Gasteiger charge is 2.23. The summed E-state index contributed by atoms with van der Waals surface area (Å²) in [5.74, 6) is 1.57. The van der Waals surface area contributed by atoms with Crippen molar-refractivity contribution in [1.29, 1.82) is 0 Å². The van der Waals surface area contributed by atoms with Crippen LogP contribution in [0.3, 0.4) is 0 Å². The van der Waals surface area contributed by atoms with Gasteiger partial charge in [0.05, 0.1) is 19.3 Å². The zero-order chi connectivity index (χ0) is 20.4. The van der Waals surface area contributed by atoms with Gasteiger partial charge in [-0.1, -0.05) is 24.3 Å². The third-order valence-corrected chi connectivity index (χ3v) is 4.99. The minimum Gasteiger partial charge on any atom is -0.374 e. The second-order valence-corrected chi connectivity index (χ2v) is 7.66. The Morgan fingerprint density at radius 2 is 1.97 bits per heavy atom. The smallest absolute Gasteiger partial charge is 0.220 e. The van der Waals surface area contributed by atoms with Crippen molar-refractivity contribution in [3.8, 4) is 0 Å². The molecule has 1 saturated heterocycles. The van der Waals surface area contributed by atoms with Gasteiger partial charge in [0.25, 0.3) is 0 Å². The molecule has 0 atom stereocenters. The minimum atomic E-state index is 0. The molecule has 2 N–H and O–H groups in total. The van der Waals surface area contributed by atoms with Crippen LogP contribution in [0.1, 0.15) is 51.2 Å². The summed E-state index contributed by atoms with van der Waals surface area (Å²) < 4.78 is 5.70. The van der Waals surface area contributed by atoms with E-state index in [-0.39, 0.29) is 36.0 Å². The van der Waals surface area contributed by atoms with Gasteiger partial charge in [-0.25, -0.2) is 4.99 Å². The van der Waals surface area contributed by atoms with Crippen LogP contribution in [-0.4, -0.2) is 49.6 Å². The van der Waals surface area contributed by atoms with E-state index < -0.39 is 0 Å². The van der Waals surface area contributed by atoms with Gasteiger partial charge in [-0.2, -0.15) is 0 Å². The summed E-state index contributed by atoms with van der Waals surface area (Å²) in [5.41, 5.74) is 2.37. The van der Waals surface area contributed by atoms with Crippen molar-refractivity contribution in [1.82, 2.24) is 15.5 Å².